The fraction of sp³-hybridized carbons (Fsp3) is 0.286. The van der Waals surface area contributed by atoms with E-state index in [2.05, 4.69) is 20.7 Å². The number of hydrogen-bond donors (Lipinski definition) is 2. The van der Waals surface area contributed by atoms with Crippen molar-refractivity contribution < 1.29 is 13.2 Å². The van der Waals surface area contributed by atoms with Crippen LogP contribution in [0.25, 0.3) is 5.69 Å². The number of alkyl halides is 3. The van der Waals surface area contributed by atoms with Crippen LogP contribution in [0, 0.1) is 6.92 Å². The van der Waals surface area contributed by atoms with Gasteiger partial charge in [-0.05, 0) is 25.1 Å². The van der Waals surface area contributed by atoms with Gasteiger partial charge in [-0.15, -0.1) is 12.4 Å². The third kappa shape index (κ3) is 3.76. The van der Waals surface area contributed by atoms with Crippen LogP contribution in [0.5, 0.6) is 0 Å². The van der Waals surface area contributed by atoms with E-state index in [4.69, 9.17) is 0 Å². The third-order valence-corrected chi connectivity index (χ3v) is 3.17. The van der Waals surface area contributed by atoms with Crippen LogP contribution >= 0.6 is 12.4 Å². The summed E-state index contributed by atoms with van der Waals surface area (Å²) in [5.41, 5.74) is 0.322. The first-order valence-corrected chi connectivity index (χ1v) is 6.73. The van der Waals surface area contributed by atoms with E-state index in [1.807, 2.05) is 0 Å². The van der Waals surface area contributed by atoms with Gasteiger partial charge in [-0.1, -0.05) is 6.07 Å². The largest absolute Gasteiger partial charge is 0.416 e. The maximum absolute atomic E-state index is 12.8. The smallest absolute Gasteiger partial charge is 0.354 e. The zero-order chi connectivity index (χ0) is 15.7. The van der Waals surface area contributed by atoms with Crippen molar-refractivity contribution in [3.05, 3.63) is 41.6 Å². The van der Waals surface area contributed by atoms with E-state index in [0.717, 1.165) is 18.7 Å². The van der Waals surface area contributed by atoms with Crippen LogP contribution in [-0.2, 0) is 6.18 Å². The molecule has 23 heavy (non-hydrogen) atoms. The number of nitrogens with zero attached hydrogens (tertiary/aromatic N) is 3. The van der Waals surface area contributed by atoms with Crippen molar-refractivity contribution in [3.63, 3.8) is 0 Å². The molecule has 0 amide bonds. The Bertz CT molecular complexity index is 723. The molecule has 3 rings (SSSR count). The van der Waals surface area contributed by atoms with Crippen LogP contribution in [-0.4, -0.2) is 28.8 Å². The van der Waals surface area contributed by atoms with Crippen molar-refractivity contribution in [1.82, 2.24) is 15.1 Å². The van der Waals surface area contributed by atoms with Crippen molar-refractivity contribution in [2.75, 3.05) is 18.4 Å². The summed E-state index contributed by atoms with van der Waals surface area (Å²) < 4.78 is 40.0. The molecule has 1 aromatic heterocycles. The molecule has 2 aromatic rings. The lowest BCUT2D eigenvalue weighted by Crippen LogP contribution is -2.27. The summed E-state index contributed by atoms with van der Waals surface area (Å²) in [5.74, 6) is 1.15. The quantitative estimate of drug-likeness (QED) is 0.879. The van der Waals surface area contributed by atoms with Crippen LogP contribution in [0.3, 0.4) is 0 Å². The first kappa shape index (κ1) is 17.1. The molecule has 1 aromatic carbocycles. The second-order valence-electron chi connectivity index (χ2n) is 4.91. The van der Waals surface area contributed by atoms with Crippen molar-refractivity contribution in [2.45, 2.75) is 13.1 Å². The molecule has 124 valence electrons. The molecule has 0 radical (unpaired) electrons. The summed E-state index contributed by atoms with van der Waals surface area (Å²) in [6.07, 6.45) is -4.39. The van der Waals surface area contributed by atoms with E-state index in [1.165, 1.54) is 10.7 Å². The second kappa shape index (κ2) is 6.49. The van der Waals surface area contributed by atoms with Crippen LogP contribution in [0.15, 0.2) is 35.3 Å². The van der Waals surface area contributed by atoms with Gasteiger partial charge in [-0.2, -0.15) is 18.3 Å². The Labute approximate surface area is 137 Å². The highest BCUT2D eigenvalue weighted by Crippen LogP contribution is 2.30. The van der Waals surface area contributed by atoms with Crippen LogP contribution in [0.4, 0.5) is 19.0 Å². The highest BCUT2D eigenvalue weighted by molar-refractivity contribution is 5.94. The average molecular weight is 346 g/mol. The minimum atomic E-state index is -4.39. The Morgan fingerprint density at radius 2 is 2.04 bits per heavy atom. The maximum Gasteiger partial charge on any atom is 0.416 e. The fourth-order valence-corrected chi connectivity index (χ4v) is 2.20. The molecule has 1 aliphatic rings. The maximum atomic E-state index is 12.8. The Morgan fingerprint density at radius 1 is 1.26 bits per heavy atom. The molecule has 9 heteroatoms. The van der Waals surface area contributed by atoms with Gasteiger partial charge in [0.15, 0.2) is 5.96 Å². The summed E-state index contributed by atoms with van der Waals surface area (Å²) in [5, 5.41) is 10.3. The molecular weight excluding hydrogens is 331 g/mol. The van der Waals surface area contributed by atoms with E-state index >= 15 is 0 Å². The summed E-state index contributed by atoms with van der Waals surface area (Å²) >= 11 is 0. The molecule has 0 fully saturated rings. The molecule has 2 N–H and O–H groups in total. The first-order valence-electron chi connectivity index (χ1n) is 6.73. The molecule has 0 atom stereocenters. The predicted molar refractivity (Wildman–Crippen MR) is 84.5 cm³/mol. The predicted octanol–water partition coefficient (Wildman–Crippen LogP) is 2.99. The monoisotopic (exact) mass is 345 g/mol. The van der Waals surface area contributed by atoms with Gasteiger partial charge in [0, 0.05) is 12.6 Å². The van der Waals surface area contributed by atoms with Gasteiger partial charge in [0.05, 0.1) is 23.5 Å². The van der Waals surface area contributed by atoms with E-state index in [9.17, 15) is 13.2 Å². The van der Waals surface area contributed by atoms with Crippen molar-refractivity contribution in [2.24, 2.45) is 4.99 Å². The Kier molecular flexibility index (Phi) is 4.84. The highest BCUT2D eigenvalue weighted by Gasteiger charge is 2.30. The molecule has 0 aliphatic carbocycles. The average Bonchev–Trinajstić information content (AvgIpc) is 3.08. The molecule has 0 bridgehead atoms. The minimum Gasteiger partial charge on any atom is -0.354 e. The van der Waals surface area contributed by atoms with Crippen LogP contribution in [0.1, 0.15) is 11.3 Å². The number of nitrogens with one attached hydrogen (secondary N) is 2. The number of aliphatic imine (C=N–C) groups is 1. The van der Waals surface area contributed by atoms with E-state index in [1.54, 1.807) is 19.1 Å². The third-order valence-electron chi connectivity index (χ3n) is 3.17. The number of hydrogen-bond acceptors (Lipinski definition) is 4. The number of anilines is 1. The number of aryl methyl sites for hydroxylation is 1. The highest BCUT2D eigenvalue weighted by atomic mass is 35.5. The van der Waals surface area contributed by atoms with Gasteiger partial charge >= 0.3 is 6.18 Å². The van der Waals surface area contributed by atoms with Crippen molar-refractivity contribution >= 4 is 24.2 Å². The van der Waals surface area contributed by atoms with Crippen LogP contribution in [0.2, 0.25) is 0 Å². The van der Waals surface area contributed by atoms with Gasteiger partial charge in [-0.3, -0.25) is 4.99 Å². The Balaban J connectivity index is 0.00000192. The zero-order valence-electron chi connectivity index (χ0n) is 12.2. The minimum absolute atomic E-state index is 0. The molecule has 5 nitrogen and oxygen atoms in total. The molecule has 0 spiro atoms. The van der Waals surface area contributed by atoms with Gasteiger partial charge in [0.1, 0.15) is 5.82 Å². The number of aromatic nitrogens is 2. The Hall–Kier alpha value is -2.22. The fourth-order valence-electron chi connectivity index (χ4n) is 2.20. The van der Waals surface area contributed by atoms with Crippen molar-refractivity contribution in [1.29, 1.82) is 0 Å². The van der Waals surface area contributed by atoms with Crippen molar-refractivity contribution in [3.8, 4) is 5.69 Å². The number of rotatable bonds is 2. The first-order chi connectivity index (χ1) is 10.4. The summed E-state index contributed by atoms with van der Waals surface area (Å²) in [7, 11) is 0. The van der Waals surface area contributed by atoms with E-state index < -0.39 is 11.7 Å². The SMILES string of the molecule is Cc1cc(NC2=NCCN2)n(-c2cccc(C(F)(F)F)c2)n1.Cl. The molecule has 0 unspecified atom stereocenters. The lowest BCUT2D eigenvalue weighted by Gasteiger charge is -2.12. The van der Waals surface area contributed by atoms with Gasteiger partial charge in [0.25, 0.3) is 0 Å². The molecule has 1 aliphatic heterocycles. The lowest BCUT2D eigenvalue weighted by molar-refractivity contribution is -0.137. The normalized spacial score (nSPS) is 14.0. The second-order valence-corrected chi connectivity index (χ2v) is 4.91. The van der Waals surface area contributed by atoms with E-state index in [-0.39, 0.29) is 12.4 Å². The lowest BCUT2D eigenvalue weighted by atomic mass is 10.2. The zero-order valence-corrected chi connectivity index (χ0v) is 13.0. The standard InChI is InChI=1S/C14H14F3N5.ClH/c1-9-7-12(20-13-18-5-6-19-13)22(21-9)11-4-2-3-10(8-11)14(15,16)17;/h2-4,7-8H,5-6H2,1H3,(H2,18,19,20);1H. The number of benzene rings is 1. The molecule has 0 saturated heterocycles. The molecular formula is C14H15ClF3N5. The summed E-state index contributed by atoms with van der Waals surface area (Å²) in [6.45, 7) is 3.18. The summed E-state index contributed by atoms with van der Waals surface area (Å²) in [6, 6.07) is 6.81. The van der Waals surface area contributed by atoms with E-state index in [0.29, 0.717) is 29.7 Å². The number of guanidine groups is 1. The Morgan fingerprint density at radius 3 is 2.70 bits per heavy atom. The number of halogens is 4. The van der Waals surface area contributed by atoms with Gasteiger partial charge in [0.2, 0.25) is 0 Å². The molecule has 2 heterocycles. The molecule has 0 saturated carbocycles. The van der Waals surface area contributed by atoms with Gasteiger partial charge < -0.3 is 10.6 Å². The summed E-state index contributed by atoms with van der Waals surface area (Å²) in [4.78, 5) is 4.21. The van der Waals surface area contributed by atoms with Crippen LogP contribution < -0.4 is 10.6 Å². The topological polar surface area (TPSA) is 54.2 Å². The van der Waals surface area contributed by atoms with Gasteiger partial charge in [-0.25, -0.2) is 4.68 Å².